The molecule has 0 N–H and O–H groups in total. The van der Waals surface area contributed by atoms with Gasteiger partial charge in [-0.3, -0.25) is 4.90 Å². The molecule has 0 spiro atoms. The molecule has 0 radical (unpaired) electrons. The third-order valence-corrected chi connectivity index (χ3v) is 2.98. The average Bonchev–Trinajstić information content (AvgIpc) is 2.62. The van der Waals surface area contributed by atoms with Gasteiger partial charge in [0.1, 0.15) is 6.61 Å². The van der Waals surface area contributed by atoms with E-state index in [1.165, 1.54) is 0 Å². The van der Waals surface area contributed by atoms with Crippen molar-refractivity contribution in [3.05, 3.63) is 35.9 Å². The first-order valence-electron chi connectivity index (χ1n) is 5.66. The molecule has 0 aliphatic carbocycles. The monoisotopic (exact) mass is 219 g/mol. The molecule has 0 saturated carbocycles. The zero-order valence-electron chi connectivity index (χ0n) is 9.72. The third-order valence-electron chi connectivity index (χ3n) is 2.98. The molecule has 2 rings (SSSR count). The maximum Gasteiger partial charge on any atom is 0.410 e. The molecule has 1 aromatic carbocycles. The van der Waals surface area contributed by atoms with Crippen molar-refractivity contribution in [2.45, 2.75) is 26.4 Å². The van der Waals surface area contributed by atoms with Gasteiger partial charge < -0.3 is 4.74 Å². The average molecular weight is 219 g/mol. The molecule has 1 heterocycles. The molecular formula is C13H17NO2. The highest BCUT2D eigenvalue weighted by molar-refractivity contribution is 5.70. The number of carbonyl (C=O) groups excluding carboxylic acids is 1. The van der Waals surface area contributed by atoms with E-state index in [4.69, 9.17) is 4.74 Å². The van der Waals surface area contributed by atoms with Crippen LogP contribution in [-0.4, -0.2) is 23.6 Å². The summed E-state index contributed by atoms with van der Waals surface area (Å²) in [5, 5.41) is 0. The maximum absolute atomic E-state index is 11.6. The van der Waals surface area contributed by atoms with E-state index in [1.54, 1.807) is 0 Å². The lowest BCUT2D eigenvalue weighted by molar-refractivity contribution is 0.155. The van der Waals surface area contributed by atoms with Crippen LogP contribution in [0.25, 0.3) is 0 Å². The van der Waals surface area contributed by atoms with Crippen molar-refractivity contribution in [2.24, 2.45) is 5.92 Å². The molecule has 0 bridgehead atoms. The standard InChI is InChI=1S/C13H17NO2/c1-10(2)12-9-16-13(15)14(12)8-11-6-4-3-5-7-11/h3-7,10,12H,8-9H2,1-2H3. The second-order valence-corrected chi connectivity index (χ2v) is 4.50. The van der Waals surface area contributed by atoms with E-state index in [-0.39, 0.29) is 12.1 Å². The van der Waals surface area contributed by atoms with Gasteiger partial charge in [-0.25, -0.2) is 4.79 Å². The van der Waals surface area contributed by atoms with Crippen LogP contribution in [0, 0.1) is 5.92 Å². The Morgan fingerprint density at radius 3 is 2.69 bits per heavy atom. The lowest BCUT2D eigenvalue weighted by atomic mass is 10.0. The second-order valence-electron chi connectivity index (χ2n) is 4.50. The van der Waals surface area contributed by atoms with E-state index in [9.17, 15) is 4.79 Å². The van der Waals surface area contributed by atoms with Crippen molar-refractivity contribution >= 4 is 6.09 Å². The van der Waals surface area contributed by atoms with Gasteiger partial charge in [-0.2, -0.15) is 0 Å². The van der Waals surface area contributed by atoms with Crippen molar-refractivity contribution in [3.8, 4) is 0 Å². The first-order valence-corrected chi connectivity index (χ1v) is 5.66. The molecule has 1 aliphatic rings. The summed E-state index contributed by atoms with van der Waals surface area (Å²) in [6, 6.07) is 10.2. The predicted octanol–water partition coefficient (Wildman–Crippen LogP) is 2.66. The van der Waals surface area contributed by atoms with Crippen LogP contribution in [0.15, 0.2) is 30.3 Å². The lowest BCUT2D eigenvalue weighted by Crippen LogP contribution is -2.36. The molecule has 1 unspecified atom stereocenters. The SMILES string of the molecule is CC(C)C1COC(=O)N1Cc1ccccc1. The van der Waals surface area contributed by atoms with Gasteiger partial charge in [0.15, 0.2) is 0 Å². The largest absolute Gasteiger partial charge is 0.447 e. The predicted molar refractivity (Wildman–Crippen MR) is 62.0 cm³/mol. The Morgan fingerprint density at radius 2 is 2.06 bits per heavy atom. The van der Waals surface area contributed by atoms with Crippen molar-refractivity contribution in [1.82, 2.24) is 4.90 Å². The Balaban J connectivity index is 2.10. The third kappa shape index (κ3) is 2.18. The number of benzene rings is 1. The van der Waals surface area contributed by atoms with E-state index in [1.807, 2.05) is 35.2 Å². The Bertz CT molecular complexity index is 361. The van der Waals surface area contributed by atoms with Crippen LogP contribution in [0.2, 0.25) is 0 Å². The molecule has 3 heteroatoms. The van der Waals surface area contributed by atoms with E-state index in [2.05, 4.69) is 13.8 Å². The van der Waals surface area contributed by atoms with Crippen LogP contribution in [0.4, 0.5) is 4.79 Å². The number of rotatable bonds is 3. The van der Waals surface area contributed by atoms with Crippen LogP contribution in [-0.2, 0) is 11.3 Å². The number of amides is 1. The van der Waals surface area contributed by atoms with E-state index in [0.29, 0.717) is 19.1 Å². The van der Waals surface area contributed by atoms with Crippen molar-refractivity contribution in [2.75, 3.05) is 6.61 Å². The zero-order valence-corrected chi connectivity index (χ0v) is 9.72. The van der Waals surface area contributed by atoms with Gasteiger partial charge in [-0.1, -0.05) is 44.2 Å². The van der Waals surface area contributed by atoms with Gasteiger partial charge in [0.25, 0.3) is 0 Å². The van der Waals surface area contributed by atoms with Crippen LogP contribution < -0.4 is 0 Å². The van der Waals surface area contributed by atoms with Gasteiger partial charge in [-0.15, -0.1) is 0 Å². The highest BCUT2D eigenvalue weighted by atomic mass is 16.6. The zero-order chi connectivity index (χ0) is 11.5. The van der Waals surface area contributed by atoms with Crippen LogP contribution in [0.3, 0.4) is 0 Å². The normalized spacial score (nSPS) is 20.3. The minimum Gasteiger partial charge on any atom is -0.447 e. The van der Waals surface area contributed by atoms with Gasteiger partial charge in [0, 0.05) is 6.54 Å². The van der Waals surface area contributed by atoms with Crippen LogP contribution >= 0.6 is 0 Å². The van der Waals surface area contributed by atoms with Crippen molar-refractivity contribution in [3.63, 3.8) is 0 Å². The fraction of sp³-hybridized carbons (Fsp3) is 0.462. The van der Waals surface area contributed by atoms with Gasteiger partial charge in [-0.05, 0) is 11.5 Å². The summed E-state index contributed by atoms with van der Waals surface area (Å²) in [5.41, 5.74) is 1.15. The minimum absolute atomic E-state index is 0.192. The molecule has 1 amide bonds. The maximum atomic E-state index is 11.6. The molecule has 86 valence electrons. The van der Waals surface area contributed by atoms with Crippen molar-refractivity contribution < 1.29 is 9.53 Å². The Hall–Kier alpha value is -1.51. The Labute approximate surface area is 96.0 Å². The fourth-order valence-electron chi connectivity index (χ4n) is 1.98. The molecule has 1 atom stereocenters. The summed E-state index contributed by atoms with van der Waals surface area (Å²) in [5.74, 6) is 0.426. The molecule has 16 heavy (non-hydrogen) atoms. The van der Waals surface area contributed by atoms with Gasteiger partial charge in [0.2, 0.25) is 0 Å². The molecule has 1 aliphatic heterocycles. The number of hydrogen-bond acceptors (Lipinski definition) is 2. The summed E-state index contributed by atoms with van der Waals surface area (Å²) in [7, 11) is 0. The highest BCUT2D eigenvalue weighted by Gasteiger charge is 2.34. The quantitative estimate of drug-likeness (QED) is 0.782. The molecule has 3 nitrogen and oxygen atoms in total. The molecule has 0 aromatic heterocycles. The number of nitrogens with zero attached hydrogens (tertiary/aromatic N) is 1. The van der Waals surface area contributed by atoms with E-state index in [0.717, 1.165) is 5.56 Å². The number of ether oxygens (including phenoxy) is 1. The van der Waals surface area contributed by atoms with Crippen LogP contribution in [0.1, 0.15) is 19.4 Å². The highest BCUT2D eigenvalue weighted by Crippen LogP contribution is 2.21. The molecular weight excluding hydrogens is 202 g/mol. The molecule has 1 saturated heterocycles. The Morgan fingerprint density at radius 1 is 1.38 bits per heavy atom. The first kappa shape index (κ1) is 11.0. The fourth-order valence-corrected chi connectivity index (χ4v) is 1.98. The summed E-state index contributed by atoms with van der Waals surface area (Å²) >= 11 is 0. The van der Waals surface area contributed by atoms with Gasteiger partial charge >= 0.3 is 6.09 Å². The summed E-state index contributed by atoms with van der Waals surface area (Å²) < 4.78 is 5.10. The summed E-state index contributed by atoms with van der Waals surface area (Å²) in [6.45, 7) is 5.39. The van der Waals surface area contributed by atoms with E-state index < -0.39 is 0 Å². The second kappa shape index (κ2) is 4.56. The number of hydrogen-bond donors (Lipinski definition) is 0. The topological polar surface area (TPSA) is 29.5 Å². The van der Waals surface area contributed by atoms with E-state index >= 15 is 0 Å². The summed E-state index contributed by atoms with van der Waals surface area (Å²) in [6.07, 6.45) is -0.192. The Kier molecular flexibility index (Phi) is 3.13. The molecule has 1 aromatic rings. The van der Waals surface area contributed by atoms with Crippen LogP contribution in [0.5, 0.6) is 0 Å². The van der Waals surface area contributed by atoms with Gasteiger partial charge in [0.05, 0.1) is 6.04 Å². The summed E-state index contributed by atoms with van der Waals surface area (Å²) in [4.78, 5) is 13.4. The number of carbonyl (C=O) groups is 1. The lowest BCUT2D eigenvalue weighted by Gasteiger charge is -2.24. The smallest absolute Gasteiger partial charge is 0.410 e. The number of cyclic esters (lactones) is 1. The first-order chi connectivity index (χ1) is 7.68. The minimum atomic E-state index is -0.192. The molecule has 1 fully saturated rings. The van der Waals surface area contributed by atoms with Crippen molar-refractivity contribution in [1.29, 1.82) is 0 Å².